The molecule has 2 aromatic heterocycles. The number of amides is 1. The molecule has 0 unspecified atom stereocenters. The minimum atomic E-state index is -0.572. The van der Waals surface area contributed by atoms with Crippen LogP contribution in [-0.4, -0.2) is 38.4 Å². The molecule has 3 heterocycles. The fourth-order valence-corrected chi connectivity index (χ4v) is 4.68. The van der Waals surface area contributed by atoms with E-state index in [1.54, 1.807) is 0 Å². The maximum absolute atomic E-state index is 12.7. The van der Waals surface area contributed by atoms with Crippen LogP contribution >= 0.6 is 0 Å². The zero-order chi connectivity index (χ0) is 22.9. The van der Waals surface area contributed by atoms with Crippen LogP contribution in [0.3, 0.4) is 0 Å². The van der Waals surface area contributed by atoms with Crippen LogP contribution in [0.2, 0.25) is 0 Å². The Kier molecular flexibility index (Phi) is 5.45. The van der Waals surface area contributed by atoms with E-state index < -0.39 is 10.7 Å². The molecule has 170 valence electrons. The van der Waals surface area contributed by atoms with Gasteiger partial charge in [-0.2, -0.15) is 0 Å². The van der Waals surface area contributed by atoms with Crippen molar-refractivity contribution in [2.24, 2.45) is 0 Å². The third kappa shape index (κ3) is 4.13. The number of rotatable bonds is 6. The van der Waals surface area contributed by atoms with E-state index in [9.17, 15) is 19.7 Å². The number of aryl methyl sites for hydroxylation is 1. The molecule has 0 radical (unpaired) electrons. The summed E-state index contributed by atoms with van der Waals surface area (Å²) in [5.41, 5.74) is 2.92. The third-order valence-corrected chi connectivity index (χ3v) is 6.47. The van der Waals surface area contributed by atoms with Gasteiger partial charge in [-0.05, 0) is 42.8 Å². The van der Waals surface area contributed by atoms with E-state index in [4.69, 9.17) is 4.42 Å². The van der Waals surface area contributed by atoms with Gasteiger partial charge in [0.15, 0.2) is 5.58 Å². The average molecular weight is 448 g/mol. The number of para-hydroxylation sites is 1. The summed E-state index contributed by atoms with van der Waals surface area (Å²) in [5.74, 6) is -0.0694. The number of nitrogens with one attached hydrogen (secondary N) is 1. The third-order valence-electron chi connectivity index (χ3n) is 6.47. The second-order valence-electron chi connectivity index (χ2n) is 8.50. The summed E-state index contributed by atoms with van der Waals surface area (Å²) in [4.78, 5) is 40.7. The lowest BCUT2D eigenvalue weighted by molar-refractivity contribution is -0.384. The first kappa shape index (κ1) is 21.0. The number of hydrogen-bond acceptors (Lipinski definition) is 5. The van der Waals surface area contributed by atoms with Crippen LogP contribution in [0.25, 0.3) is 22.0 Å². The molecule has 1 aliphatic heterocycles. The van der Waals surface area contributed by atoms with Crippen molar-refractivity contribution in [3.8, 4) is 0 Å². The van der Waals surface area contributed by atoms with E-state index in [1.807, 2.05) is 17.0 Å². The van der Waals surface area contributed by atoms with Crippen molar-refractivity contribution < 1.29 is 14.1 Å². The summed E-state index contributed by atoms with van der Waals surface area (Å²) in [6.07, 6.45) is 2.67. The van der Waals surface area contributed by atoms with E-state index in [1.165, 1.54) is 33.8 Å². The van der Waals surface area contributed by atoms with Crippen molar-refractivity contribution in [2.45, 2.75) is 38.1 Å². The van der Waals surface area contributed by atoms with E-state index in [2.05, 4.69) is 23.2 Å². The van der Waals surface area contributed by atoms with E-state index >= 15 is 0 Å². The van der Waals surface area contributed by atoms with Crippen LogP contribution in [0.15, 0.2) is 57.7 Å². The van der Waals surface area contributed by atoms with Crippen molar-refractivity contribution in [1.29, 1.82) is 0 Å². The summed E-state index contributed by atoms with van der Waals surface area (Å²) in [6, 6.07) is 14.5. The maximum Gasteiger partial charge on any atom is 0.419 e. The predicted molar refractivity (Wildman–Crippen MR) is 123 cm³/mol. The van der Waals surface area contributed by atoms with Crippen LogP contribution in [-0.2, 0) is 11.3 Å². The highest BCUT2D eigenvalue weighted by molar-refractivity contribution is 5.80. The number of carbonyl (C=O) groups excluding carboxylic acids is 1. The molecular weight excluding hydrogens is 424 g/mol. The SMILES string of the molecule is O=C(CCCn1c(=O)oc2cc([N+](=O)[O-])ccc21)N1CCC(c2cc3ccccc3[nH]2)CC1. The van der Waals surface area contributed by atoms with Gasteiger partial charge in [-0.15, -0.1) is 0 Å². The lowest BCUT2D eigenvalue weighted by Gasteiger charge is -2.31. The number of carbonyl (C=O) groups is 1. The number of hydrogen-bond donors (Lipinski definition) is 1. The summed E-state index contributed by atoms with van der Waals surface area (Å²) in [5, 5.41) is 12.1. The Balaban J connectivity index is 1.16. The number of non-ortho nitro benzene ring substituents is 1. The number of aromatic nitrogens is 2. The number of oxazole rings is 1. The molecule has 1 fully saturated rings. The quantitative estimate of drug-likeness (QED) is 0.351. The van der Waals surface area contributed by atoms with Crippen molar-refractivity contribution in [2.75, 3.05) is 13.1 Å². The van der Waals surface area contributed by atoms with Gasteiger partial charge in [0.25, 0.3) is 5.69 Å². The minimum Gasteiger partial charge on any atom is -0.407 e. The molecular formula is C24H24N4O5. The zero-order valence-corrected chi connectivity index (χ0v) is 18.0. The number of piperidine rings is 1. The fourth-order valence-electron chi connectivity index (χ4n) is 4.68. The highest BCUT2D eigenvalue weighted by atomic mass is 16.6. The second-order valence-corrected chi connectivity index (χ2v) is 8.50. The summed E-state index contributed by atoms with van der Waals surface area (Å²) < 4.78 is 6.57. The van der Waals surface area contributed by atoms with Gasteiger partial charge in [0.05, 0.1) is 16.5 Å². The average Bonchev–Trinajstić information content (AvgIpc) is 3.39. The number of benzene rings is 2. The van der Waals surface area contributed by atoms with Crippen LogP contribution in [0.1, 0.15) is 37.3 Å². The van der Waals surface area contributed by atoms with Gasteiger partial charge >= 0.3 is 5.76 Å². The van der Waals surface area contributed by atoms with Gasteiger partial charge in [-0.1, -0.05) is 18.2 Å². The van der Waals surface area contributed by atoms with Crippen LogP contribution in [0.4, 0.5) is 5.69 Å². The zero-order valence-electron chi connectivity index (χ0n) is 18.0. The molecule has 4 aromatic rings. The summed E-state index contributed by atoms with van der Waals surface area (Å²) in [7, 11) is 0. The highest BCUT2D eigenvalue weighted by Gasteiger charge is 2.24. The van der Waals surface area contributed by atoms with E-state index in [0.29, 0.717) is 30.8 Å². The van der Waals surface area contributed by atoms with Crippen LogP contribution in [0, 0.1) is 10.1 Å². The molecule has 0 bridgehead atoms. The molecule has 1 aliphatic rings. The smallest absolute Gasteiger partial charge is 0.407 e. The number of nitro groups is 1. The predicted octanol–water partition coefficient (Wildman–Crippen LogP) is 4.17. The Morgan fingerprint density at radius 2 is 1.94 bits per heavy atom. The normalized spacial score (nSPS) is 14.8. The molecule has 1 saturated heterocycles. The molecule has 0 spiro atoms. The first-order valence-corrected chi connectivity index (χ1v) is 11.1. The fraction of sp³-hybridized carbons (Fsp3) is 0.333. The number of nitro benzene ring substituents is 1. The second kappa shape index (κ2) is 8.57. The van der Waals surface area contributed by atoms with E-state index in [0.717, 1.165) is 31.4 Å². The van der Waals surface area contributed by atoms with Crippen molar-refractivity contribution >= 4 is 33.6 Å². The monoisotopic (exact) mass is 448 g/mol. The molecule has 0 atom stereocenters. The standard InChI is InChI=1S/C24H24N4O5/c29-23(6-3-11-27-21-8-7-18(28(31)32)15-22(21)33-24(27)30)26-12-9-16(10-13-26)20-14-17-4-1-2-5-19(17)25-20/h1-2,4-5,7-8,14-16,25H,3,6,9-13H2. The lowest BCUT2D eigenvalue weighted by atomic mass is 9.93. The number of nitrogens with zero attached hydrogens (tertiary/aromatic N) is 3. The van der Waals surface area contributed by atoms with Crippen LogP contribution in [0.5, 0.6) is 0 Å². The molecule has 9 heteroatoms. The Hall–Kier alpha value is -3.88. The summed E-state index contributed by atoms with van der Waals surface area (Å²) in [6.45, 7) is 1.76. The molecule has 9 nitrogen and oxygen atoms in total. The molecule has 0 aliphatic carbocycles. The number of H-pyrrole nitrogens is 1. The van der Waals surface area contributed by atoms with Gasteiger partial charge in [0.2, 0.25) is 5.91 Å². The maximum atomic E-state index is 12.7. The molecule has 5 rings (SSSR count). The highest BCUT2D eigenvalue weighted by Crippen LogP contribution is 2.30. The van der Waals surface area contributed by atoms with Gasteiger partial charge < -0.3 is 14.3 Å². The van der Waals surface area contributed by atoms with Crippen LogP contribution < -0.4 is 5.76 Å². The molecule has 33 heavy (non-hydrogen) atoms. The van der Waals surface area contributed by atoms with E-state index in [-0.39, 0.29) is 17.2 Å². The van der Waals surface area contributed by atoms with Gasteiger partial charge in [-0.25, -0.2) is 4.79 Å². The molecule has 2 aromatic carbocycles. The minimum absolute atomic E-state index is 0.0848. The lowest BCUT2D eigenvalue weighted by Crippen LogP contribution is -2.38. The van der Waals surface area contributed by atoms with Gasteiger partial charge in [0, 0.05) is 49.2 Å². The number of likely N-dealkylation sites (tertiary alicyclic amines) is 1. The van der Waals surface area contributed by atoms with Crippen molar-refractivity contribution in [3.05, 3.63) is 74.9 Å². The number of fused-ring (bicyclic) bond motifs is 2. The van der Waals surface area contributed by atoms with Gasteiger partial charge in [-0.3, -0.25) is 19.5 Å². The largest absolute Gasteiger partial charge is 0.419 e. The Bertz CT molecular complexity index is 1360. The molecule has 0 saturated carbocycles. The van der Waals surface area contributed by atoms with Gasteiger partial charge in [0.1, 0.15) is 0 Å². The van der Waals surface area contributed by atoms with Crippen molar-refractivity contribution in [1.82, 2.24) is 14.5 Å². The summed E-state index contributed by atoms with van der Waals surface area (Å²) >= 11 is 0. The first-order valence-electron chi connectivity index (χ1n) is 11.1. The Morgan fingerprint density at radius 1 is 1.15 bits per heavy atom. The first-order chi connectivity index (χ1) is 16.0. The molecule has 1 N–H and O–H groups in total. The number of aromatic amines is 1. The topological polar surface area (TPSA) is 114 Å². The Morgan fingerprint density at radius 3 is 2.70 bits per heavy atom. The molecule has 1 amide bonds. The Labute approximate surface area is 188 Å². The van der Waals surface area contributed by atoms with Crippen molar-refractivity contribution in [3.63, 3.8) is 0 Å².